The van der Waals surface area contributed by atoms with Gasteiger partial charge in [0.1, 0.15) is 0 Å². The molecular weight excluding hydrogens is 210 g/mol. The van der Waals surface area contributed by atoms with E-state index in [9.17, 15) is 4.79 Å². The predicted octanol–water partition coefficient (Wildman–Crippen LogP) is 1.91. The average Bonchev–Trinajstić information content (AvgIpc) is 2.51. The summed E-state index contributed by atoms with van der Waals surface area (Å²) in [5.41, 5.74) is 6.69. The molecule has 1 heterocycles. The van der Waals surface area contributed by atoms with Gasteiger partial charge in [-0.15, -0.1) is 11.3 Å². The summed E-state index contributed by atoms with van der Waals surface area (Å²) in [7, 11) is 0. The second kappa shape index (κ2) is 5.82. The first-order chi connectivity index (χ1) is 7.11. The average molecular weight is 227 g/mol. The fourth-order valence-electron chi connectivity index (χ4n) is 1.29. The van der Waals surface area contributed by atoms with E-state index in [1.54, 1.807) is 0 Å². The molecule has 0 aliphatic carbocycles. The first-order valence-corrected chi connectivity index (χ1v) is 5.97. The van der Waals surface area contributed by atoms with E-state index in [1.165, 1.54) is 11.3 Å². The summed E-state index contributed by atoms with van der Waals surface area (Å²) in [6, 6.07) is -0.0453. The number of nitrogens with one attached hydrogen (secondary N) is 1. The van der Waals surface area contributed by atoms with Gasteiger partial charge in [-0.25, -0.2) is 4.98 Å². The van der Waals surface area contributed by atoms with Crippen molar-refractivity contribution in [3.05, 3.63) is 11.1 Å². The summed E-state index contributed by atoms with van der Waals surface area (Å²) in [6.45, 7) is 3.96. The van der Waals surface area contributed by atoms with Gasteiger partial charge in [-0.3, -0.25) is 4.79 Å². The van der Waals surface area contributed by atoms with Crippen LogP contribution < -0.4 is 11.1 Å². The Bertz CT molecular complexity index is 324. The lowest BCUT2D eigenvalue weighted by Crippen LogP contribution is -2.26. The molecule has 1 amide bonds. The highest BCUT2D eigenvalue weighted by molar-refractivity contribution is 7.13. The predicted molar refractivity (Wildman–Crippen MR) is 63.0 cm³/mol. The van der Waals surface area contributed by atoms with Gasteiger partial charge in [0.05, 0.1) is 5.69 Å². The molecule has 1 rings (SSSR count). The van der Waals surface area contributed by atoms with Gasteiger partial charge in [0, 0.05) is 17.8 Å². The molecule has 0 bridgehead atoms. The number of hydrogen-bond acceptors (Lipinski definition) is 4. The second-order valence-corrected chi connectivity index (χ2v) is 4.45. The number of nitrogens with two attached hydrogens (primary N) is 1. The van der Waals surface area contributed by atoms with Crippen LogP contribution >= 0.6 is 11.3 Å². The third-order valence-corrected chi connectivity index (χ3v) is 2.85. The molecule has 0 saturated heterocycles. The van der Waals surface area contributed by atoms with Crippen molar-refractivity contribution in [3.8, 4) is 0 Å². The van der Waals surface area contributed by atoms with E-state index in [0.717, 1.165) is 18.5 Å². The molecule has 1 aromatic rings. The van der Waals surface area contributed by atoms with Crippen LogP contribution in [-0.2, 0) is 4.79 Å². The minimum atomic E-state index is -0.0506. The molecule has 0 aliphatic heterocycles. The second-order valence-electron chi connectivity index (χ2n) is 3.60. The van der Waals surface area contributed by atoms with E-state index in [2.05, 4.69) is 17.2 Å². The van der Waals surface area contributed by atoms with Crippen LogP contribution in [-0.4, -0.2) is 16.9 Å². The highest BCUT2D eigenvalue weighted by Gasteiger charge is 2.10. The highest BCUT2D eigenvalue weighted by Crippen LogP contribution is 2.14. The Morgan fingerprint density at radius 2 is 2.47 bits per heavy atom. The van der Waals surface area contributed by atoms with Gasteiger partial charge >= 0.3 is 0 Å². The van der Waals surface area contributed by atoms with Crippen molar-refractivity contribution in [1.29, 1.82) is 0 Å². The molecule has 0 spiro atoms. The summed E-state index contributed by atoms with van der Waals surface area (Å²) >= 11 is 1.43. The Balaban J connectivity index is 2.36. The molecule has 0 aromatic carbocycles. The van der Waals surface area contributed by atoms with Crippen molar-refractivity contribution >= 4 is 22.4 Å². The summed E-state index contributed by atoms with van der Waals surface area (Å²) in [5.74, 6) is -0.0506. The summed E-state index contributed by atoms with van der Waals surface area (Å²) in [6.07, 6.45) is 2.25. The lowest BCUT2D eigenvalue weighted by atomic mass is 10.1. The smallest absolute Gasteiger partial charge is 0.227 e. The number of carbonyl (C=O) groups is 1. The molecule has 1 unspecified atom stereocenters. The van der Waals surface area contributed by atoms with Gasteiger partial charge in [-0.05, 0) is 13.3 Å². The third kappa shape index (κ3) is 4.40. The lowest BCUT2D eigenvalue weighted by Gasteiger charge is -2.08. The van der Waals surface area contributed by atoms with Crippen LogP contribution in [0.4, 0.5) is 5.13 Å². The zero-order chi connectivity index (χ0) is 11.3. The minimum Gasteiger partial charge on any atom is -0.327 e. The Hall–Kier alpha value is -0.940. The van der Waals surface area contributed by atoms with E-state index in [1.807, 2.05) is 12.3 Å². The van der Waals surface area contributed by atoms with Crippen LogP contribution in [0.2, 0.25) is 0 Å². The zero-order valence-electron chi connectivity index (χ0n) is 9.12. The quantitative estimate of drug-likeness (QED) is 0.807. The van der Waals surface area contributed by atoms with E-state index < -0.39 is 0 Å². The molecule has 3 N–H and O–H groups in total. The number of aromatic nitrogens is 1. The van der Waals surface area contributed by atoms with Crippen LogP contribution in [0.5, 0.6) is 0 Å². The molecule has 5 heteroatoms. The van der Waals surface area contributed by atoms with E-state index in [-0.39, 0.29) is 11.9 Å². The largest absolute Gasteiger partial charge is 0.327 e. The molecule has 4 nitrogen and oxygen atoms in total. The van der Waals surface area contributed by atoms with Crippen molar-refractivity contribution < 1.29 is 4.79 Å². The SMILES string of the molecule is CCCC(N)CC(=O)Nc1nc(C)cs1. The van der Waals surface area contributed by atoms with Crippen molar-refractivity contribution in [2.75, 3.05) is 5.32 Å². The lowest BCUT2D eigenvalue weighted by molar-refractivity contribution is -0.116. The number of rotatable bonds is 5. The summed E-state index contributed by atoms with van der Waals surface area (Å²) < 4.78 is 0. The van der Waals surface area contributed by atoms with E-state index in [4.69, 9.17) is 5.73 Å². The van der Waals surface area contributed by atoms with E-state index in [0.29, 0.717) is 11.6 Å². The highest BCUT2D eigenvalue weighted by atomic mass is 32.1. The van der Waals surface area contributed by atoms with Gasteiger partial charge < -0.3 is 11.1 Å². The van der Waals surface area contributed by atoms with Gasteiger partial charge in [0.25, 0.3) is 0 Å². The fourth-order valence-corrected chi connectivity index (χ4v) is 2.00. The molecule has 1 atom stereocenters. The molecule has 0 radical (unpaired) electrons. The van der Waals surface area contributed by atoms with E-state index >= 15 is 0 Å². The topological polar surface area (TPSA) is 68.0 Å². The molecule has 15 heavy (non-hydrogen) atoms. The van der Waals surface area contributed by atoms with Crippen molar-refractivity contribution in [1.82, 2.24) is 4.98 Å². The molecular formula is C10H17N3OS. The third-order valence-electron chi connectivity index (χ3n) is 1.97. The number of anilines is 1. The monoisotopic (exact) mass is 227 g/mol. The Labute approximate surface area is 93.9 Å². The van der Waals surface area contributed by atoms with Gasteiger partial charge in [-0.1, -0.05) is 13.3 Å². The number of nitrogens with zero attached hydrogens (tertiary/aromatic N) is 1. The number of amides is 1. The maximum Gasteiger partial charge on any atom is 0.227 e. The normalized spacial score (nSPS) is 12.5. The van der Waals surface area contributed by atoms with Crippen LogP contribution in [0.1, 0.15) is 31.9 Å². The first kappa shape index (κ1) is 12.1. The van der Waals surface area contributed by atoms with Gasteiger partial charge in [0.15, 0.2) is 5.13 Å². The Morgan fingerprint density at radius 3 is 3.00 bits per heavy atom. The van der Waals surface area contributed by atoms with Gasteiger partial charge in [-0.2, -0.15) is 0 Å². The molecule has 0 saturated carbocycles. The fraction of sp³-hybridized carbons (Fsp3) is 0.600. The maximum absolute atomic E-state index is 11.5. The number of aryl methyl sites for hydroxylation is 1. The molecule has 1 aromatic heterocycles. The molecule has 84 valence electrons. The Kier molecular flexibility index (Phi) is 4.71. The van der Waals surface area contributed by atoms with Crippen LogP contribution in [0, 0.1) is 6.92 Å². The molecule has 0 aliphatic rings. The van der Waals surface area contributed by atoms with Crippen LogP contribution in [0.3, 0.4) is 0 Å². The van der Waals surface area contributed by atoms with Gasteiger partial charge in [0.2, 0.25) is 5.91 Å². The van der Waals surface area contributed by atoms with Crippen molar-refractivity contribution in [2.45, 2.75) is 39.2 Å². The number of thiazole rings is 1. The zero-order valence-corrected chi connectivity index (χ0v) is 9.93. The standard InChI is InChI=1S/C10H17N3OS/c1-3-4-8(11)5-9(14)13-10-12-7(2)6-15-10/h6,8H,3-5,11H2,1-2H3,(H,12,13,14). The van der Waals surface area contributed by atoms with Crippen LogP contribution in [0.15, 0.2) is 5.38 Å². The summed E-state index contributed by atoms with van der Waals surface area (Å²) in [4.78, 5) is 15.6. The summed E-state index contributed by atoms with van der Waals surface area (Å²) in [5, 5.41) is 5.30. The maximum atomic E-state index is 11.5. The first-order valence-electron chi connectivity index (χ1n) is 5.09. The van der Waals surface area contributed by atoms with Crippen molar-refractivity contribution in [2.24, 2.45) is 5.73 Å². The Morgan fingerprint density at radius 1 is 1.73 bits per heavy atom. The number of hydrogen-bond donors (Lipinski definition) is 2. The number of carbonyl (C=O) groups excluding carboxylic acids is 1. The molecule has 0 fully saturated rings. The van der Waals surface area contributed by atoms with Crippen LogP contribution in [0.25, 0.3) is 0 Å². The van der Waals surface area contributed by atoms with Crippen molar-refractivity contribution in [3.63, 3.8) is 0 Å². The minimum absolute atomic E-state index is 0.0453.